The zero-order valence-corrected chi connectivity index (χ0v) is 16.8. The number of halogens is 6. The van der Waals surface area contributed by atoms with E-state index in [1.54, 1.807) is 28.8 Å². The summed E-state index contributed by atoms with van der Waals surface area (Å²) in [6, 6.07) is 7.69. The van der Waals surface area contributed by atoms with E-state index in [9.17, 15) is 41.0 Å². The number of nitrogens with zero attached hydrogens (tertiary/aromatic N) is 2. The molecular formula is C22H16F6N2O3. The van der Waals surface area contributed by atoms with Gasteiger partial charge in [0.2, 0.25) is 0 Å². The summed E-state index contributed by atoms with van der Waals surface area (Å²) in [4.78, 5) is 25.5. The maximum Gasteiger partial charge on any atom is 0.416 e. The lowest BCUT2D eigenvalue weighted by atomic mass is 10.0. The first-order chi connectivity index (χ1) is 15.4. The van der Waals surface area contributed by atoms with E-state index < -0.39 is 40.9 Å². The van der Waals surface area contributed by atoms with Gasteiger partial charge in [0.25, 0.3) is 5.91 Å². The molecule has 2 aromatic carbocycles. The number of hydrogen-bond donors (Lipinski definition) is 1. The van der Waals surface area contributed by atoms with Crippen molar-refractivity contribution < 1.29 is 41.0 Å². The highest BCUT2D eigenvalue weighted by Gasteiger charge is 2.38. The minimum absolute atomic E-state index is 0.0133. The van der Waals surface area contributed by atoms with Gasteiger partial charge < -0.3 is 14.6 Å². The van der Waals surface area contributed by atoms with Crippen molar-refractivity contribution in [3.8, 4) is 0 Å². The summed E-state index contributed by atoms with van der Waals surface area (Å²) in [5.41, 5.74) is -1.92. The predicted molar refractivity (Wildman–Crippen MR) is 104 cm³/mol. The van der Waals surface area contributed by atoms with E-state index in [-0.39, 0.29) is 32.1 Å². The molecule has 0 atom stereocenters. The molecular weight excluding hydrogens is 454 g/mol. The highest BCUT2D eigenvalue weighted by atomic mass is 19.4. The zero-order chi connectivity index (χ0) is 24.1. The number of carbonyl (C=O) groups is 2. The van der Waals surface area contributed by atoms with Gasteiger partial charge in [-0.2, -0.15) is 26.3 Å². The van der Waals surface area contributed by atoms with Crippen molar-refractivity contribution in [2.24, 2.45) is 0 Å². The van der Waals surface area contributed by atoms with Crippen molar-refractivity contribution in [1.82, 2.24) is 9.47 Å². The summed E-state index contributed by atoms with van der Waals surface area (Å²) in [6.45, 7) is -0.370. The number of alkyl halides is 6. The number of hydrogen-bond acceptors (Lipinski definition) is 2. The normalized spacial score (nSPS) is 14.4. The molecule has 0 saturated carbocycles. The van der Waals surface area contributed by atoms with Gasteiger partial charge in [0.1, 0.15) is 6.54 Å². The number of rotatable bonds is 3. The number of fused-ring (bicyclic) bond motifs is 3. The number of carboxylic acid groups (broad SMARTS) is 1. The quantitative estimate of drug-likeness (QED) is 0.551. The van der Waals surface area contributed by atoms with Crippen LogP contribution >= 0.6 is 0 Å². The van der Waals surface area contributed by atoms with Crippen LogP contribution in [0.2, 0.25) is 0 Å². The molecule has 11 heteroatoms. The lowest BCUT2D eigenvalue weighted by Gasteiger charge is -2.29. The van der Waals surface area contributed by atoms with Crippen molar-refractivity contribution in [3.63, 3.8) is 0 Å². The molecule has 0 bridgehead atoms. The van der Waals surface area contributed by atoms with E-state index in [1.165, 1.54) is 4.90 Å². The Kier molecular flexibility index (Phi) is 5.38. The van der Waals surface area contributed by atoms with Crippen molar-refractivity contribution >= 4 is 22.8 Å². The van der Waals surface area contributed by atoms with Crippen LogP contribution in [-0.2, 0) is 36.7 Å². The molecule has 4 rings (SSSR count). The van der Waals surface area contributed by atoms with E-state index in [4.69, 9.17) is 0 Å². The fraction of sp³-hybridized carbons (Fsp3) is 0.273. The van der Waals surface area contributed by atoms with Crippen LogP contribution in [0.4, 0.5) is 26.3 Å². The van der Waals surface area contributed by atoms with Crippen LogP contribution < -0.4 is 0 Å². The summed E-state index contributed by atoms with van der Waals surface area (Å²) in [5, 5.41) is 9.92. The molecule has 2 heterocycles. The van der Waals surface area contributed by atoms with E-state index in [2.05, 4.69) is 0 Å². The topological polar surface area (TPSA) is 62.5 Å². The molecule has 33 heavy (non-hydrogen) atoms. The number of para-hydroxylation sites is 1. The van der Waals surface area contributed by atoms with Crippen molar-refractivity contribution in [1.29, 1.82) is 0 Å². The van der Waals surface area contributed by atoms with Gasteiger partial charge in [-0.3, -0.25) is 9.59 Å². The average molecular weight is 470 g/mol. The Morgan fingerprint density at radius 1 is 0.939 bits per heavy atom. The first-order valence-corrected chi connectivity index (χ1v) is 9.76. The Morgan fingerprint density at radius 2 is 1.55 bits per heavy atom. The number of aromatic nitrogens is 1. The number of amides is 1. The summed E-state index contributed by atoms with van der Waals surface area (Å²) in [5.74, 6) is -2.03. The molecule has 1 aliphatic rings. The van der Waals surface area contributed by atoms with Crippen LogP contribution in [0.1, 0.15) is 32.7 Å². The number of carboxylic acids is 1. The minimum Gasteiger partial charge on any atom is -0.480 e. The largest absolute Gasteiger partial charge is 0.480 e. The number of aliphatic carboxylic acids is 1. The minimum atomic E-state index is -5.06. The van der Waals surface area contributed by atoms with Gasteiger partial charge in [0.05, 0.1) is 11.1 Å². The second-order valence-corrected chi connectivity index (χ2v) is 7.69. The van der Waals surface area contributed by atoms with Crippen molar-refractivity contribution in [2.75, 3.05) is 6.54 Å². The Bertz CT molecular complexity index is 1230. The number of benzene rings is 2. The maximum absolute atomic E-state index is 13.2. The summed E-state index contributed by atoms with van der Waals surface area (Å²) in [6.07, 6.45) is -9.92. The van der Waals surface area contributed by atoms with Crippen molar-refractivity contribution in [2.45, 2.75) is 31.9 Å². The van der Waals surface area contributed by atoms with E-state index in [0.29, 0.717) is 34.3 Å². The zero-order valence-electron chi connectivity index (χ0n) is 16.8. The third-order valence-corrected chi connectivity index (χ3v) is 5.58. The third-order valence-electron chi connectivity index (χ3n) is 5.58. The van der Waals surface area contributed by atoms with E-state index in [1.807, 2.05) is 0 Å². The lowest BCUT2D eigenvalue weighted by molar-refractivity contribution is -0.143. The Morgan fingerprint density at radius 3 is 2.12 bits per heavy atom. The monoisotopic (exact) mass is 470 g/mol. The fourth-order valence-electron chi connectivity index (χ4n) is 4.15. The van der Waals surface area contributed by atoms with Crippen LogP contribution in [0.15, 0.2) is 42.5 Å². The third kappa shape index (κ3) is 4.27. The summed E-state index contributed by atoms with van der Waals surface area (Å²) >= 11 is 0. The molecule has 1 N–H and O–H groups in total. The van der Waals surface area contributed by atoms with Crippen LogP contribution in [-0.4, -0.2) is 33.0 Å². The van der Waals surface area contributed by atoms with Gasteiger partial charge in [-0.25, -0.2) is 0 Å². The molecule has 0 unspecified atom stereocenters. The molecule has 1 aliphatic heterocycles. The highest BCUT2D eigenvalue weighted by molar-refractivity contribution is 5.96. The molecule has 0 radical (unpaired) electrons. The molecule has 1 amide bonds. The molecule has 174 valence electrons. The van der Waals surface area contributed by atoms with Gasteiger partial charge in [-0.05, 0) is 24.3 Å². The Hall–Kier alpha value is -3.50. The molecule has 0 fully saturated rings. The first kappa shape index (κ1) is 22.7. The van der Waals surface area contributed by atoms with Gasteiger partial charge in [-0.15, -0.1) is 0 Å². The second kappa shape index (κ2) is 7.82. The molecule has 0 aliphatic carbocycles. The smallest absolute Gasteiger partial charge is 0.416 e. The molecule has 1 aromatic heterocycles. The fourth-order valence-corrected chi connectivity index (χ4v) is 4.15. The van der Waals surface area contributed by atoms with Crippen LogP contribution in [0.3, 0.4) is 0 Å². The molecule has 5 nitrogen and oxygen atoms in total. The van der Waals surface area contributed by atoms with Gasteiger partial charge in [-0.1, -0.05) is 18.2 Å². The summed E-state index contributed by atoms with van der Waals surface area (Å²) < 4.78 is 80.7. The predicted octanol–water partition coefficient (Wildman–Crippen LogP) is 4.96. The van der Waals surface area contributed by atoms with Gasteiger partial charge >= 0.3 is 18.3 Å². The van der Waals surface area contributed by atoms with Gasteiger partial charge in [0.15, 0.2) is 0 Å². The second-order valence-electron chi connectivity index (χ2n) is 7.69. The first-order valence-electron chi connectivity index (χ1n) is 9.76. The summed E-state index contributed by atoms with van der Waals surface area (Å²) in [7, 11) is 0. The Balaban J connectivity index is 1.74. The molecule has 3 aromatic rings. The average Bonchev–Trinajstić information content (AvgIpc) is 3.04. The van der Waals surface area contributed by atoms with Crippen LogP contribution in [0, 0.1) is 0 Å². The molecule has 0 saturated heterocycles. The lowest BCUT2D eigenvalue weighted by Crippen LogP contribution is -2.36. The maximum atomic E-state index is 13.2. The van der Waals surface area contributed by atoms with Crippen LogP contribution in [0.25, 0.3) is 10.9 Å². The van der Waals surface area contributed by atoms with E-state index in [0.717, 1.165) is 0 Å². The van der Waals surface area contributed by atoms with Crippen molar-refractivity contribution in [3.05, 3.63) is 70.4 Å². The number of carbonyl (C=O) groups excluding carboxylic acids is 1. The SMILES string of the molecule is O=C(O)Cn1c2c(c3ccccc31)CN(C(=O)c1cc(C(F)(F)F)cc(C(F)(F)F)c1)CC2. The van der Waals surface area contributed by atoms with E-state index >= 15 is 0 Å². The van der Waals surface area contributed by atoms with Gasteiger partial charge in [0, 0.05) is 47.2 Å². The van der Waals surface area contributed by atoms with Crippen LogP contribution in [0.5, 0.6) is 0 Å². The standard InChI is InChI=1S/C22H16F6N2O3/c23-21(24,25)13-7-12(8-14(9-13)22(26,27)28)20(33)29-6-5-18-16(10-29)15-3-1-2-4-17(15)30(18)11-19(31)32/h1-4,7-9H,5-6,10-11H2,(H,31,32). The Labute approximate surface area is 182 Å². The highest BCUT2D eigenvalue weighted by Crippen LogP contribution is 2.37. The molecule has 0 spiro atoms.